The van der Waals surface area contributed by atoms with Gasteiger partial charge >= 0.3 is 0 Å². The van der Waals surface area contributed by atoms with E-state index in [1.807, 2.05) is 12.1 Å². The van der Waals surface area contributed by atoms with Gasteiger partial charge in [-0.05, 0) is 37.0 Å². The van der Waals surface area contributed by atoms with Gasteiger partial charge in [0.1, 0.15) is 5.75 Å². The number of ether oxygens (including phenoxy) is 2. The quantitative estimate of drug-likeness (QED) is 0.292. The third-order valence-corrected chi connectivity index (χ3v) is 4.54. The van der Waals surface area contributed by atoms with E-state index in [9.17, 15) is 0 Å². The molecule has 0 radical (unpaired) electrons. The summed E-state index contributed by atoms with van der Waals surface area (Å²) in [6.07, 6.45) is 4.18. The molecule has 0 saturated carbocycles. The Bertz CT molecular complexity index is 499. The third-order valence-electron chi connectivity index (χ3n) is 4.54. The Balaban J connectivity index is 0.00000288. The van der Waals surface area contributed by atoms with Crippen molar-refractivity contribution in [1.82, 2.24) is 5.32 Å². The van der Waals surface area contributed by atoms with Crippen molar-refractivity contribution in [2.45, 2.75) is 38.0 Å². The highest BCUT2D eigenvalue weighted by atomic mass is 127. The Hall–Kier alpha value is -1.02. The molecule has 1 aliphatic rings. The van der Waals surface area contributed by atoms with Gasteiger partial charge in [0.05, 0.1) is 13.7 Å². The molecule has 24 heavy (non-hydrogen) atoms. The maximum Gasteiger partial charge on any atom is 0.188 e. The largest absolute Gasteiger partial charge is 0.497 e. The fourth-order valence-electron chi connectivity index (χ4n) is 2.93. The van der Waals surface area contributed by atoms with Crippen molar-refractivity contribution in [3.05, 3.63) is 29.8 Å². The molecule has 0 unspecified atom stereocenters. The Morgan fingerprint density at radius 2 is 1.96 bits per heavy atom. The van der Waals surface area contributed by atoms with Gasteiger partial charge in [0.2, 0.25) is 0 Å². The first-order valence-corrected chi connectivity index (χ1v) is 8.46. The lowest BCUT2D eigenvalue weighted by molar-refractivity contribution is 0.0531. The number of benzene rings is 1. The van der Waals surface area contributed by atoms with Crippen molar-refractivity contribution in [2.24, 2.45) is 10.7 Å². The number of halogens is 1. The lowest BCUT2D eigenvalue weighted by atomic mass is 9.74. The molecule has 0 aliphatic carbocycles. The van der Waals surface area contributed by atoms with Crippen LogP contribution in [0.2, 0.25) is 0 Å². The molecule has 0 bridgehead atoms. The van der Waals surface area contributed by atoms with E-state index < -0.39 is 0 Å². The van der Waals surface area contributed by atoms with Crippen LogP contribution >= 0.6 is 24.0 Å². The molecule has 5 nitrogen and oxygen atoms in total. The molecule has 1 fully saturated rings. The standard InChI is InChI=1S/C18H29N3O2.HI/c1-3-4-11-20-17(19)21-14-18(9-12-23-13-10-18)15-5-7-16(22-2)8-6-15;/h5-8H,3-4,9-14H2,1-2H3,(H3,19,20,21);1H. The van der Waals surface area contributed by atoms with Crippen LogP contribution in [0.3, 0.4) is 0 Å². The minimum Gasteiger partial charge on any atom is -0.497 e. The molecular formula is C18H30IN3O2. The molecule has 0 amide bonds. The third kappa shape index (κ3) is 5.81. The number of hydrogen-bond donors (Lipinski definition) is 2. The smallest absolute Gasteiger partial charge is 0.188 e. The highest BCUT2D eigenvalue weighted by molar-refractivity contribution is 14.0. The molecule has 1 aromatic carbocycles. The minimum absolute atomic E-state index is 0. The molecule has 1 aromatic rings. The summed E-state index contributed by atoms with van der Waals surface area (Å²) in [5, 5.41) is 3.19. The second kappa shape index (κ2) is 10.8. The first kappa shape index (κ1) is 21.0. The van der Waals surface area contributed by atoms with E-state index >= 15 is 0 Å². The lowest BCUT2D eigenvalue weighted by Crippen LogP contribution is -2.39. The zero-order chi connectivity index (χ0) is 16.5. The summed E-state index contributed by atoms with van der Waals surface area (Å²) in [4.78, 5) is 4.61. The Labute approximate surface area is 162 Å². The fraction of sp³-hybridized carbons (Fsp3) is 0.611. The van der Waals surface area contributed by atoms with Crippen molar-refractivity contribution in [2.75, 3.05) is 33.4 Å². The van der Waals surface area contributed by atoms with Gasteiger partial charge in [-0.1, -0.05) is 25.5 Å². The van der Waals surface area contributed by atoms with E-state index in [2.05, 4.69) is 29.4 Å². The average molecular weight is 447 g/mol. The molecule has 3 N–H and O–H groups in total. The summed E-state index contributed by atoms with van der Waals surface area (Å²) < 4.78 is 10.8. The number of unbranched alkanes of at least 4 members (excludes halogenated alkanes) is 1. The van der Waals surface area contributed by atoms with E-state index in [1.165, 1.54) is 5.56 Å². The lowest BCUT2D eigenvalue weighted by Gasteiger charge is -2.36. The van der Waals surface area contributed by atoms with E-state index in [-0.39, 0.29) is 29.4 Å². The maximum absolute atomic E-state index is 6.00. The molecule has 0 aromatic heterocycles. The average Bonchev–Trinajstić information content (AvgIpc) is 2.61. The van der Waals surface area contributed by atoms with Crippen molar-refractivity contribution >= 4 is 29.9 Å². The normalized spacial score (nSPS) is 17.0. The van der Waals surface area contributed by atoms with Gasteiger partial charge in [0, 0.05) is 25.2 Å². The highest BCUT2D eigenvalue weighted by Crippen LogP contribution is 2.36. The van der Waals surface area contributed by atoms with Gasteiger partial charge < -0.3 is 20.5 Å². The molecule has 0 atom stereocenters. The summed E-state index contributed by atoms with van der Waals surface area (Å²) in [6, 6.07) is 8.30. The number of hydrogen-bond acceptors (Lipinski definition) is 3. The van der Waals surface area contributed by atoms with Gasteiger partial charge in [-0.25, -0.2) is 0 Å². The van der Waals surface area contributed by atoms with Crippen LogP contribution in [0.25, 0.3) is 0 Å². The SMILES string of the molecule is CCCCNC(N)=NCC1(c2ccc(OC)cc2)CCOCC1.I. The second-order valence-electron chi connectivity index (χ2n) is 6.10. The van der Waals surface area contributed by atoms with Crippen molar-refractivity contribution in [1.29, 1.82) is 0 Å². The molecule has 6 heteroatoms. The maximum atomic E-state index is 6.00. The molecular weight excluding hydrogens is 417 g/mol. The van der Waals surface area contributed by atoms with Crippen molar-refractivity contribution in [3.8, 4) is 5.75 Å². The topological polar surface area (TPSA) is 68.9 Å². The van der Waals surface area contributed by atoms with E-state index in [0.717, 1.165) is 51.2 Å². The molecule has 0 spiro atoms. The van der Waals surface area contributed by atoms with Crippen LogP contribution in [-0.2, 0) is 10.2 Å². The van der Waals surface area contributed by atoms with Gasteiger partial charge in [-0.2, -0.15) is 0 Å². The van der Waals surface area contributed by atoms with Crippen LogP contribution in [0.4, 0.5) is 0 Å². The number of guanidine groups is 1. The predicted octanol–water partition coefficient (Wildman–Crippen LogP) is 3.07. The zero-order valence-electron chi connectivity index (χ0n) is 14.7. The molecule has 1 heterocycles. The number of nitrogens with two attached hydrogens (primary N) is 1. The van der Waals surface area contributed by atoms with Crippen LogP contribution in [0.5, 0.6) is 5.75 Å². The first-order valence-electron chi connectivity index (χ1n) is 8.46. The molecule has 136 valence electrons. The fourth-order valence-corrected chi connectivity index (χ4v) is 2.93. The predicted molar refractivity (Wildman–Crippen MR) is 110 cm³/mol. The van der Waals surface area contributed by atoms with Crippen LogP contribution < -0.4 is 15.8 Å². The monoisotopic (exact) mass is 447 g/mol. The van der Waals surface area contributed by atoms with Crippen LogP contribution in [0.1, 0.15) is 38.2 Å². The number of methoxy groups -OCH3 is 1. The zero-order valence-corrected chi connectivity index (χ0v) is 17.0. The van der Waals surface area contributed by atoms with E-state index in [4.69, 9.17) is 15.2 Å². The number of aliphatic imine (C=N–C) groups is 1. The summed E-state index contributed by atoms with van der Waals surface area (Å²) >= 11 is 0. The Kier molecular flexibility index (Phi) is 9.43. The van der Waals surface area contributed by atoms with Crippen LogP contribution in [0.15, 0.2) is 29.3 Å². The summed E-state index contributed by atoms with van der Waals surface area (Å²) in [7, 11) is 1.69. The van der Waals surface area contributed by atoms with Gasteiger partial charge in [0.15, 0.2) is 5.96 Å². The van der Waals surface area contributed by atoms with Crippen LogP contribution in [-0.4, -0.2) is 39.4 Å². The summed E-state index contributed by atoms with van der Waals surface area (Å²) in [5.41, 5.74) is 7.29. The second-order valence-corrected chi connectivity index (χ2v) is 6.10. The molecule has 2 rings (SSSR count). The van der Waals surface area contributed by atoms with Crippen molar-refractivity contribution in [3.63, 3.8) is 0 Å². The number of nitrogens with one attached hydrogen (secondary N) is 1. The molecule has 1 saturated heterocycles. The van der Waals surface area contributed by atoms with Gasteiger partial charge in [0.25, 0.3) is 0 Å². The summed E-state index contributed by atoms with van der Waals surface area (Å²) in [5.74, 6) is 1.41. The minimum atomic E-state index is 0. The van der Waals surface area contributed by atoms with Gasteiger partial charge in [-0.3, -0.25) is 4.99 Å². The van der Waals surface area contributed by atoms with Gasteiger partial charge in [-0.15, -0.1) is 24.0 Å². The van der Waals surface area contributed by atoms with Crippen molar-refractivity contribution < 1.29 is 9.47 Å². The Morgan fingerprint density at radius 1 is 1.29 bits per heavy atom. The number of rotatable bonds is 7. The van der Waals surface area contributed by atoms with Crippen LogP contribution in [0, 0.1) is 0 Å². The Morgan fingerprint density at radius 3 is 2.54 bits per heavy atom. The summed E-state index contributed by atoms with van der Waals surface area (Å²) in [6.45, 7) is 5.27. The first-order chi connectivity index (χ1) is 11.2. The number of nitrogens with zero attached hydrogens (tertiary/aromatic N) is 1. The highest BCUT2D eigenvalue weighted by Gasteiger charge is 2.34. The molecule has 1 aliphatic heterocycles. The van der Waals surface area contributed by atoms with E-state index in [1.54, 1.807) is 7.11 Å². The van der Waals surface area contributed by atoms with E-state index in [0.29, 0.717) is 12.5 Å².